The third-order valence-electron chi connectivity index (χ3n) is 2.73. The van der Waals surface area contributed by atoms with Crippen molar-refractivity contribution in [2.45, 2.75) is 23.7 Å². The van der Waals surface area contributed by atoms with Crippen molar-refractivity contribution in [3.05, 3.63) is 41.2 Å². The molecule has 1 aromatic carbocycles. The largest absolute Gasteiger partial charge is 0.462 e. The molecular weight excluding hydrogens is 330 g/mol. The second-order valence-electron chi connectivity index (χ2n) is 4.56. The maximum absolute atomic E-state index is 12.4. The Bertz CT molecular complexity index is 577. The van der Waals surface area contributed by atoms with E-state index in [0.717, 1.165) is 12.1 Å². The molecule has 8 heteroatoms. The number of hydrogen-bond acceptors (Lipinski definition) is 2. The van der Waals surface area contributed by atoms with Gasteiger partial charge in [0.1, 0.15) is 0 Å². The third-order valence-corrected chi connectivity index (χ3v) is 3.12. The lowest BCUT2D eigenvalue weighted by molar-refractivity contribution is -0.137. The van der Waals surface area contributed by atoms with E-state index in [9.17, 15) is 18.0 Å². The average molecular weight is 340 g/mol. The molecule has 1 amide bonds. The Labute approximate surface area is 128 Å². The number of carbonyl (C=O) groups is 1. The lowest BCUT2D eigenvalue weighted by Gasteiger charge is -2.20. The van der Waals surface area contributed by atoms with Gasteiger partial charge in [-0.25, -0.2) is 0 Å². The highest BCUT2D eigenvalue weighted by Gasteiger charge is 2.40. The van der Waals surface area contributed by atoms with Gasteiger partial charge >= 0.3 is 6.18 Å². The van der Waals surface area contributed by atoms with Crippen molar-refractivity contribution in [3.63, 3.8) is 0 Å². The fourth-order valence-corrected chi connectivity index (χ4v) is 1.85. The minimum atomic E-state index is -4.41. The number of benzene rings is 1. The highest BCUT2D eigenvalue weighted by molar-refractivity contribution is 6.48. The fourth-order valence-electron chi connectivity index (χ4n) is 1.65. The summed E-state index contributed by atoms with van der Waals surface area (Å²) in [5.41, 5.74) is -0.381. The molecular formula is C13H10Cl2F3NO2. The Morgan fingerprint density at radius 2 is 1.81 bits per heavy atom. The zero-order chi connectivity index (χ0) is 15.8. The molecule has 1 saturated heterocycles. The predicted octanol–water partition coefficient (Wildman–Crippen LogP) is 3.71. The molecule has 114 valence electrons. The third kappa shape index (κ3) is 3.83. The normalized spacial score (nSPS) is 21.3. The summed E-state index contributed by atoms with van der Waals surface area (Å²) in [6.07, 6.45) is -4.01. The van der Waals surface area contributed by atoms with Crippen LogP contribution in [0.2, 0.25) is 0 Å². The van der Waals surface area contributed by atoms with E-state index < -0.39 is 28.2 Å². The van der Waals surface area contributed by atoms with Crippen molar-refractivity contribution in [3.8, 4) is 0 Å². The summed E-state index contributed by atoms with van der Waals surface area (Å²) < 4.78 is 41.2. The van der Waals surface area contributed by atoms with Crippen LogP contribution in [0.5, 0.6) is 0 Å². The topological polar surface area (TPSA) is 38.3 Å². The van der Waals surface area contributed by atoms with Crippen LogP contribution in [0.4, 0.5) is 13.2 Å². The molecule has 3 nitrogen and oxygen atoms in total. The van der Waals surface area contributed by atoms with Crippen LogP contribution in [-0.2, 0) is 15.7 Å². The molecule has 0 bridgehead atoms. The predicted molar refractivity (Wildman–Crippen MR) is 72.5 cm³/mol. The zero-order valence-corrected chi connectivity index (χ0v) is 12.2. The van der Waals surface area contributed by atoms with E-state index in [4.69, 9.17) is 27.9 Å². The van der Waals surface area contributed by atoms with Crippen LogP contribution < -0.4 is 5.32 Å². The second kappa shape index (κ2) is 5.42. The number of amides is 1. The molecule has 0 aromatic heterocycles. The second-order valence-corrected chi connectivity index (χ2v) is 6.32. The lowest BCUT2D eigenvalue weighted by Crippen LogP contribution is -2.39. The van der Waals surface area contributed by atoms with Crippen LogP contribution in [0.15, 0.2) is 30.0 Å². The number of hydrogen-bond donors (Lipinski definition) is 1. The molecule has 0 radical (unpaired) electrons. The van der Waals surface area contributed by atoms with Crippen LogP contribution in [0.25, 0.3) is 6.08 Å². The summed E-state index contributed by atoms with van der Waals surface area (Å²) >= 11 is 11.6. The van der Waals surface area contributed by atoms with Gasteiger partial charge in [0.05, 0.1) is 5.56 Å². The summed E-state index contributed by atoms with van der Waals surface area (Å²) in [6.45, 7) is 1.45. The van der Waals surface area contributed by atoms with Crippen molar-refractivity contribution in [1.29, 1.82) is 0 Å². The molecule has 1 unspecified atom stereocenters. The molecule has 1 aliphatic rings. The Kier molecular flexibility index (Phi) is 4.13. The molecule has 0 saturated carbocycles. The highest BCUT2D eigenvalue weighted by atomic mass is 35.5. The highest BCUT2D eigenvalue weighted by Crippen LogP contribution is 2.32. The summed E-state index contributed by atoms with van der Waals surface area (Å²) in [4.78, 5) is 11.7. The smallest absolute Gasteiger partial charge is 0.416 e. The van der Waals surface area contributed by atoms with Crippen LogP contribution in [0, 0.1) is 0 Å². The number of halogens is 5. The van der Waals surface area contributed by atoms with E-state index in [1.807, 2.05) is 0 Å². The summed E-state index contributed by atoms with van der Waals surface area (Å²) in [5, 5.41) is 2.43. The first kappa shape index (κ1) is 16.0. The SMILES string of the molecule is CC(Cl)(Cl)C1NC(=O)/C(=C/c2ccc(C(F)(F)F)cc2)O1. The molecule has 0 aliphatic carbocycles. The molecule has 1 aliphatic heterocycles. The van der Waals surface area contributed by atoms with Crippen molar-refractivity contribution < 1.29 is 22.7 Å². The number of carbonyl (C=O) groups excluding carboxylic acids is 1. The molecule has 1 heterocycles. The number of rotatable bonds is 2. The van der Waals surface area contributed by atoms with Crippen molar-refractivity contribution >= 4 is 35.2 Å². The quantitative estimate of drug-likeness (QED) is 0.658. The van der Waals surface area contributed by atoms with Gasteiger partial charge in [-0.05, 0) is 30.7 Å². The first-order valence-electron chi connectivity index (χ1n) is 5.81. The van der Waals surface area contributed by atoms with Crippen LogP contribution in [0.3, 0.4) is 0 Å². The van der Waals surface area contributed by atoms with E-state index >= 15 is 0 Å². The van der Waals surface area contributed by atoms with Gasteiger partial charge < -0.3 is 10.1 Å². The van der Waals surface area contributed by atoms with E-state index in [-0.39, 0.29) is 5.76 Å². The monoisotopic (exact) mass is 339 g/mol. The Balaban J connectivity index is 2.19. The van der Waals surface area contributed by atoms with Gasteiger partial charge in [-0.1, -0.05) is 35.3 Å². The molecule has 21 heavy (non-hydrogen) atoms. The summed E-state index contributed by atoms with van der Waals surface area (Å²) in [5.74, 6) is -0.597. The minimum absolute atomic E-state index is 0.0627. The number of nitrogens with one attached hydrogen (secondary N) is 1. The van der Waals surface area contributed by atoms with E-state index in [0.29, 0.717) is 5.56 Å². The first-order chi connectivity index (χ1) is 9.57. The molecule has 1 N–H and O–H groups in total. The fraction of sp³-hybridized carbons (Fsp3) is 0.308. The van der Waals surface area contributed by atoms with E-state index in [2.05, 4.69) is 5.32 Å². The van der Waals surface area contributed by atoms with Gasteiger partial charge in [0.25, 0.3) is 5.91 Å². The van der Waals surface area contributed by atoms with Gasteiger partial charge in [-0.2, -0.15) is 13.2 Å². The maximum atomic E-state index is 12.4. The van der Waals surface area contributed by atoms with Gasteiger partial charge in [-0.15, -0.1) is 0 Å². The van der Waals surface area contributed by atoms with E-state index in [1.54, 1.807) is 0 Å². The first-order valence-corrected chi connectivity index (χ1v) is 6.57. The Morgan fingerprint density at radius 3 is 2.24 bits per heavy atom. The minimum Gasteiger partial charge on any atom is -0.462 e. The summed E-state index contributed by atoms with van der Waals surface area (Å²) in [6, 6.07) is 4.31. The Hall–Kier alpha value is -1.40. The van der Waals surface area contributed by atoms with Crippen molar-refractivity contribution in [2.75, 3.05) is 0 Å². The van der Waals surface area contributed by atoms with Gasteiger partial charge in [0.2, 0.25) is 6.23 Å². The molecule has 1 aromatic rings. The van der Waals surface area contributed by atoms with Gasteiger partial charge in [0.15, 0.2) is 10.1 Å². The van der Waals surface area contributed by atoms with Gasteiger partial charge in [0, 0.05) is 0 Å². The molecule has 0 spiro atoms. The zero-order valence-electron chi connectivity index (χ0n) is 10.7. The number of ether oxygens (including phenoxy) is 1. The lowest BCUT2D eigenvalue weighted by atomic mass is 10.1. The molecule has 2 rings (SSSR count). The maximum Gasteiger partial charge on any atom is 0.416 e. The summed E-state index contributed by atoms with van der Waals surface area (Å²) in [7, 11) is 0. The van der Waals surface area contributed by atoms with Crippen molar-refractivity contribution in [1.82, 2.24) is 5.32 Å². The van der Waals surface area contributed by atoms with Crippen LogP contribution in [0.1, 0.15) is 18.1 Å². The average Bonchev–Trinajstić information content (AvgIpc) is 2.70. The van der Waals surface area contributed by atoms with Crippen LogP contribution in [-0.4, -0.2) is 16.5 Å². The number of alkyl halides is 5. The molecule has 1 atom stereocenters. The van der Waals surface area contributed by atoms with Crippen molar-refractivity contribution in [2.24, 2.45) is 0 Å². The van der Waals surface area contributed by atoms with Gasteiger partial charge in [-0.3, -0.25) is 4.79 Å². The van der Waals surface area contributed by atoms with Crippen LogP contribution >= 0.6 is 23.2 Å². The standard InChI is InChI=1S/C13H10Cl2F3NO2/c1-12(14,15)11-19-10(20)9(21-11)6-7-2-4-8(5-3-7)13(16,17)18/h2-6,11H,1H3,(H,19,20)/b9-6-. The molecule has 1 fully saturated rings. The Morgan fingerprint density at radius 1 is 1.24 bits per heavy atom. The van der Waals surface area contributed by atoms with E-state index in [1.165, 1.54) is 25.1 Å².